The Labute approximate surface area is 103 Å². The minimum absolute atomic E-state index is 0.133. The maximum Gasteiger partial charge on any atom is 0.221 e. The third-order valence-corrected chi connectivity index (χ3v) is 3.25. The molecule has 3 heteroatoms. The van der Waals surface area contributed by atoms with E-state index in [0.717, 1.165) is 19.6 Å². The monoisotopic (exact) mass is 232 g/mol. The van der Waals surface area contributed by atoms with Crippen LogP contribution in [0.15, 0.2) is 24.3 Å². The van der Waals surface area contributed by atoms with E-state index in [1.165, 1.54) is 17.5 Å². The van der Waals surface area contributed by atoms with Crippen molar-refractivity contribution >= 4 is 5.91 Å². The van der Waals surface area contributed by atoms with Crippen LogP contribution in [0.2, 0.25) is 0 Å². The first-order valence-corrected chi connectivity index (χ1v) is 6.36. The number of benzene rings is 1. The predicted octanol–water partition coefficient (Wildman–Crippen LogP) is 1.44. The average molecular weight is 232 g/mol. The Hall–Kier alpha value is -1.35. The Balaban J connectivity index is 1.63. The zero-order chi connectivity index (χ0) is 12.1. The largest absolute Gasteiger partial charge is 0.356 e. The number of hydrogen-bond acceptors (Lipinski definition) is 2. The lowest BCUT2D eigenvalue weighted by atomic mass is 9.77. The van der Waals surface area contributed by atoms with Crippen LogP contribution in [0, 0.1) is 0 Å². The van der Waals surface area contributed by atoms with Crippen molar-refractivity contribution < 1.29 is 4.79 Å². The number of rotatable bonds is 6. The second kappa shape index (κ2) is 5.82. The summed E-state index contributed by atoms with van der Waals surface area (Å²) in [5.74, 6) is 0.773. The van der Waals surface area contributed by atoms with E-state index in [9.17, 15) is 4.79 Å². The Morgan fingerprint density at radius 1 is 1.41 bits per heavy atom. The molecule has 2 rings (SSSR count). The van der Waals surface area contributed by atoms with E-state index >= 15 is 0 Å². The Morgan fingerprint density at radius 2 is 2.24 bits per heavy atom. The molecule has 1 amide bonds. The molecule has 1 atom stereocenters. The summed E-state index contributed by atoms with van der Waals surface area (Å²) in [7, 11) is 0. The minimum atomic E-state index is 0.133. The predicted molar refractivity (Wildman–Crippen MR) is 69.1 cm³/mol. The second-order valence-electron chi connectivity index (χ2n) is 4.51. The second-order valence-corrected chi connectivity index (χ2v) is 4.51. The van der Waals surface area contributed by atoms with Gasteiger partial charge in [-0.25, -0.2) is 0 Å². The van der Waals surface area contributed by atoms with Crippen molar-refractivity contribution in [3.63, 3.8) is 0 Å². The molecule has 0 aliphatic heterocycles. The molecule has 1 aliphatic carbocycles. The highest BCUT2D eigenvalue weighted by molar-refractivity contribution is 5.75. The van der Waals surface area contributed by atoms with E-state index < -0.39 is 0 Å². The summed E-state index contributed by atoms with van der Waals surface area (Å²) in [6, 6.07) is 8.59. The van der Waals surface area contributed by atoms with Crippen molar-refractivity contribution in [3.05, 3.63) is 35.4 Å². The lowest BCUT2D eigenvalue weighted by Gasteiger charge is -2.30. The zero-order valence-corrected chi connectivity index (χ0v) is 10.3. The van der Waals surface area contributed by atoms with Gasteiger partial charge in [-0.1, -0.05) is 24.3 Å². The standard InChI is InChI=1S/C14H20N2O/c1-2-16-14(17)7-8-15-10-12-9-11-5-3-4-6-13(11)12/h3-6,12,15H,2,7-10H2,1H3,(H,16,17). The number of fused-ring (bicyclic) bond motifs is 1. The summed E-state index contributed by atoms with van der Waals surface area (Å²) >= 11 is 0. The summed E-state index contributed by atoms with van der Waals surface area (Å²) in [6.45, 7) is 4.41. The maximum atomic E-state index is 11.2. The molecule has 2 N–H and O–H groups in total. The summed E-state index contributed by atoms with van der Waals surface area (Å²) in [5.41, 5.74) is 2.95. The Morgan fingerprint density at radius 3 is 3.00 bits per heavy atom. The molecule has 0 saturated heterocycles. The van der Waals surface area contributed by atoms with Crippen LogP contribution in [-0.2, 0) is 11.2 Å². The first kappa shape index (κ1) is 12.1. The molecule has 0 spiro atoms. The molecule has 1 aromatic carbocycles. The lowest BCUT2D eigenvalue weighted by molar-refractivity contribution is -0.120. The Bertz CT molecular complexity index is 390. The topological polar surface area (TPSA) is 41.1 Å². The van der Waals surface area contributed by atoms with Crippen molar-refractivity contribution in [2.45, 2.75) is 25.7 Å². The summed E-state index contributed by atoms with van der Waals surface area (Å²) < 4.78 is 0. The van der Waals surface area contributed by atoms with E-state index in [0.29, 0.717) is 12.3 Å². The smallest absolute Gasteiger partial charge is 0.221 e. The van der Waals surface area contributed by atoms with Crippen molar-refractivity contribution in [2.24, 2.45) is 0 Å². The van der Waals surface area contributed by atoms with Gasteiger partial charge in [0.15, 0.2) is 0 Å². The van der Waals surface area contributed by atoms with E-state index in [1.807, 2.05) is 6.92 Å². The van der Waals surface area contributed by atoms with Gasteiger partial charge in [0, 0.05) is 32.0 Å². The molecule has 1 aliphatic rings. The van der Waals surface area contributed by atoms with Crippen LogP contribution in [0.1, 0.15) is 30.4 Å². The number of amides is 1. The molecule has 0 bridgehead atoms. The fourth-order valence-corrected chi connectivity index (χ4v) is 2.31. The average Bonchev–Trinajstić information content (AvgIpc) is 2.30. The van der Waals surface area contributed by atoms with Crippen molar-refractivity contribution in [1.29, 1.82) is 0 Å². The molecule has 1 aromatic rings. The van der Waals surface area contributed by atoms with Crippen LogP contribution in [0.3, 0.4) is 0 Å². The van der Waals surface area contributed by atoms with Crippen LogP contribution in [0.25, 0.3) is 0 Å². The number of hydrogen-bond donors (Lipinski definition) is 2. The summed E-state index contributed by atoms with van der Waals surface area (Å²) in [4.78, 5) is 11.2. The molecule has 1 unspecified atom stereocenters. The molecular weight excluding hydrogens is 212 g/mol. The summed E-state index contributed by atoms with van der Waals surface area (Å²) in [5, 5.41) is 6.16. The van der Waals surface area contributed by atoms with E-state index in [1.54, 1.807) is 0 Å². The molecule has 3 nitrogen and oxygen atoms in total. The van der Waals surface area contributed by atoms with Gasteiger partial charge in [-0.05, 0) is 24.5 Å². The van der Waals surface area contributed by atoms with Crippen LogP contribution >= 0.6 is 0 Å². The number of carbonyl (C=O) groups excluding carboxylic acids is 1. The number of carbonyl (C=O) groups is 1. The molecule has 0 fully saturated rings. The highest BCUT2D eigenvalue weighted by atomic mass is 16.1. The molecule has 0 heterocycles. The van der Waals surface area contributed by atoms with E-state index in [4.69, 9.17) is 0 Å². The third kappa shape index (κ3) is 3.07. The highest BCUT2D eigenvalue weighted by Gasteiger charge is 2.24. The van der Waals surface area contributed by atoms with Gasteiger partial charge < -0.3 is 10.6 Å². The van der Waals surface area contributed by atoms with E-state index in [-0.39, 0.29) is 5.91 Å². The zero-order valence-electron chi connectivity index (χ0n) is 10.3. The van der Waals surface area contributed by atoms with Gasteiger partial charge >= 0.3 is 0 Å². The fraction of sp³-hybridized carbons (Fsp3) is 0.500. The normalized spacial score (nSPS) is 17.1. The van der Waals surface area contributed by atoms with Crippen molar-refractivity contribution in [2.75, 3.05) is 19.6 Å². The number of nitrogens with one attached hydrogen (secondary N) is 2. The molecule has 92 valence electrons. The highest BCUT2D eigenvalue weighted by Crippen LogP contribution is 2.33. The van der Waals surface area contributed by atoms with Gasteiger partial charge in [-0.3, -0.25) is 4.79 Å². The van der Waals surface area contributed by atoms with Gasteiger partial charge in [0.2, 0.25) is 5.91 Å². The third-order valence-electron chi connectivity index (χ3n) is 3.25. The molecule has 0 radical (unpaired) electrons. The SMILES string of the molecule is CCNC(=O)CCNCC1Cc2ccccc21. The van der Waals surface area contributed by atoms with Gasteiger partial charge in [-0.15, -0.1) is 0 Å². The van der Waals surface area contributed by atoms with Gasteiger partial charge in [0.1, 0.15) is 0 Å². The Kier molecular flexibility index (Phi) is 4.15. The van der Waals surface area contributed by atoms with Gasteiger partial charge in [-0.2, -0.15) is 0 Å². The van der Waals surface area contributed by atoms with Crippen LogP contribution in [-0.4, -0.2) is 25.5 Å². The van der Waals surface area contributed by atoms with E-state index in [2.05, 4.69) is 34.9 Å². The lowest BCUT2D eigenvalue weighted by Crippen LogP contribution is -2.32. The van der Waals surface area contributed by atoms with Crippen LogP contribution < -0.4 is 10.6 Å². The van der Waals surface area contributed by atoms with Crippen LogP contribution in [0.5, 0.6) is 0 Å². The first-order valence-electron chi connectivity index (χ1n) is 6.36. The van der Waals surface area contributed by atoms with Crippen molar-refractivity contribution in [3.8, 4) is 0 Å². The van der Waals surface area contributed by atoms with Crippen LogP contribution in [0.4, 0.5) is 0 Å². The molecule has 0 aromatic heterocycles. The molecule has 17 heavy (non-hydrogen) atoms. The van der Waals surface area contributed by atoms with Crippen molar-refractivity contribution in [1.82, 2.24) is 10.6 Å². The minimum Gasteiger partial charge on any atom is -0.356 e. The first-order chi connectivity index (χ1) is 8.31. The van der Waals surface area contributed by atoms with Gasteiger partial charge in [0.25, 0.3) is 0 Å². The quantitative estimate of drug-likeness (QED) is 0.729. The molecular formula is C14H20N2O. The van der Waals surface area contributed by atoms with Gasteiger partial charge in [0.05, 0.1) is 0 Å². The maximum absolute atomic E-state index is 11.2. The fourth-order valence-electron chi connectivity index (χ4n) is 2.31. The summed E-state index contributed by atoms with van der Waals surface area (Å²) in [6.07, 6.45) is 1.74. The molecule has 0 saturated carbocycles.